The number of aliphatic imine (C=N–C) groups is 1. The van der Waals surface area contributed by atoms with Crippen molar-refractivity contribution >= 4 is 46.7 Å². The van der Waals surface area contributed by atoms with Crippen LogP contribution in [0.25, 0.3) is 10.9 Å². The molecule has 0 bridgehead atoms. The number of pyridine rings is 1. The number of fused-ring (bicyclic) bond motifs is 1. The van der Waals surface area contributed by atoms with Crippen molar-refractivity contribution in [3.8, 4) is 0 Å². The second-order valence-corrected chi connectivity index (χ2v) is 10.3. The van der Waals surface area contributed by atoms with Crippen LogP contribution in [0.2, 0.25) is 0 Å². The van der Waals surface area contributed by atoms with Crippen LogP contribution in [0.1, 0.15) is 29.2 Å². The predicted octanol–water partition coefficient (Wildman–Crippen LogP) is 3.67. The molecule has 2 saturated heterocycles. The van der Waals surface area contributed by atoms with Gasteiger partial charge in [-0.1, -0.05) is 0 Å². The summed E-state index contributed by atoms with van der Waals surface area (Å²) in [5.41, 5.74) is 0.512. The minimum absolute atomic E-state index is 0.0443. The molecule has 1 aliphatic carbocycles. The molecule has 1 saturated carbocycles. The van der Waals surface area contributed by atoms with E-state index in [0.29, 0.717) is 48.8 Å². The third kappa shape index (κ3) is 4.52. The largest absolute Gasteiger partial charge is 0.477 e. The molecule has 3 aromatic rings. The molecule has 3 heterocycles. The van der Waals surface area contributed by atoms with E-state index in [-0.39, 0.29) is 30.1 Å². The molecule has 0 unspecified atom stereocenters. The highest BCUT2D eigenvalue weighted by Crippen LogP contribution is 2.38. The zero-order chi connectivity index (χ0) is 28.1. The first-order chi connectivity index (χ1) is 19.2. The smallest absolute Gasteiger partial charge is 0.414 e. The number of piperazine rings is 1. The van der Waals surface area contributed by atoms with Gasteiger partial charge in [0, 0.05) is 43.8 Å². The number of carboxylic acid groups (broad SMARTS) is 1. The zero-order valence-corrected chi connectivity index (χ0v) is 21.6. The second kappa shape index (κ2) is 9.92. The van der Waals surface area contributed by atoms with Crippen LogP contribution in [0, 0.1) is 11.6 Å². The predicted molar refractivity (Wildman–Crippen MR) is 146 cm³/mol. The molecule has 1 atom stereocenters. The molecule has 10 nitrogen and oxygen atoms in total. The maximum absolute atomic E-state index is 15.3. The van der Waals surface area contributed by atoms with Gasteiger partial charge in [0.1, 0.15) is 23.3 Å². The van der Waals surface area contributed by atoms with Gasteiger partial charge in [-0.25, -0.2) is 18.4 Å². The fourth-order valence-corrected chi connectivity index (χ4v) is 5.49. The van der Waals surface area contributed by atoms with E-state index in [4.69, 9.17) is 4.74 Å². The number of anilines is 3. The number of hydrogen-bond donors (Lipinski definition) is 1. The van der Waals surface area contributed by atoms with Crippen LogP contribution in [0.4, 0.5) is 30.6 Å². The second-order valence-electron chi connectivity index (χ2n) is 10.3. The molecule has 0 spiro atoms. The monoisotopic (exact) mass is 551 g/mol. The molecular formula is C28H27F2N5O5. The van der Waals surface area contributed by atoms with E-state index in [1.165, 1.54) is 17.2 Å². The Balaban J connectivity index is 1.21. The zero-order valence-electron chi connectivity index (χ0n) is 21.6. The number of hydrogen-bond acceptors (Lipinski definition) is 7. The van der Waals surface area contributed by atoms with E-state index in [9.17, 15) is 19.5 Å². The summed E-state index contributed by atoms with van der Waals surface area (Å²) >= 11 is 0. The van der Waals surface area contributed by atoms with Gasteiger partial charge < -0.3 is 24.2 Å². The molecule has 6 rings (SSSR count). The fourth-order valence-electron chi connectivity index (χ4n) is 5.49. The number of ether oxygens (including phenoxy) is 1. The average Bonchev–Trinajstić information content (AvgIpc) is 3.71. The van der Waals surface area contributed by atoms with E-state index in [1.807, 2.05) is 9.80 Å². The van der Waals surface area contributed by atoms with Crippen molar-refractivity contribution in [3.63, 3.8) is 0 Å². The lowest BCUT2D eigenvalue weighted by Gasteiger charge is -2.37. The van der Waals surface area contributed by atoms with Crippen molar-refractivity contribution in [3.05, 3.63) is 63.9 Å². The van der Waals surface area contributed by atoms with Crippen LogP contribution >= 0.6 is 0 Å². The van der Waals surface area contributed by atoms with E-state index >= 15 is 8.78 Å². The van der Waals surface area contributed by atoms with Crippen LogP contribution in [0.5, 0.6) is 0 Å². The Hall–Kier alpha value is -4.48. The molecule has 0 radical (unpaired) electrons. The number of nitrogens with zero attached hydrogens (tertiary/aromatic N) is 5. The van der Waals surface area contributed by atoms with Crippen molar-refractivity contribution in [2.45, 2.75) is 25.0 Å². The Morgan fingerprint density at radius 2 is 1.70 bits per heavy atom. The quantitative estimate of drug-likeness (QED) is 0.447. The lowest BCUT2D eigenvalue weighted by molar-refractivity contribution is 0.0694. The molecule has 40 heavy (non-hydrogen) atoms. The molecule has 2 aromatic carbocycles. The van der Waals surface area contributed by atoms with E-state index in [1.54, 1.807) is 22.8 Å². The highest BCUT2D eigenvalue weighted by Gasteiger charge is 2.33. The summed E-state index contributed by atoms with van der Waals surface area (Å²) in [6, 6.07) is 7.42. The number of aromatic carboxylic acids is 1. The number of carbonyl (C=O) groups is 2. The van der Waals surface area contributed by atoms with Gasteiger partial charge in [-0.15, -0.1) is 0 Å². The van der Waals surface area contributed by atoms with Gasteiger partial charge in [0.2, 0.25) is 5.43 Å². The highest BCUT2D eigenvalue weighted by molar-refractivity contribution is 5.94. The number of cyclic esters (lactones) is 1. The number of benzene rings is 2. The van der Waals surface area contributed by atoms with Crippen molar-refractivity contribution in [2.24, 2.45) is 4.99 Å². The number of rotatable bonds is 7. The van der Waals surface area contributed by atoms with Crippen molar-refractivity contribution in [1.82, 2.24) is 4.57 Å². The standard InChI is InChI=1S/C28H27F2N5O5/c1-31-13-18-14-35(28(39)40-18)17-4-5-23(21(29)10-17)32-6-8-33(9-7-32)25-12-24-19(11-22(25)30)26(36)20(27(37)38)15-34(24)16-2-3-16/h4-5,10-12,15-16,18H,1-3,6-9,13-14H2,(H,37,38)/t18-/m0/s1. The summed E-state index contributed by atoms with van der Waals surface area (Å²) in [4.78, 5) is 45.4. The Morgan fingerprint density at radius 1 is 1.02 bits per heavy atom. The van der Waals surface area contributed by atoms with Gasteiger partial charge >= 0.3 is 12.1 Å². The van der Waals surface area contributed by atoms with Crippen LogP contribution < -0.4 is 20.1 Å². The summed E-state index contributed by atoms with van der Waals surface area (Å²) in [6.45, 7) is 5.58. The Bertz CT molecular complexity index is 1600. The minimum Gasteiger partial charge on any atom is -0.477 e. The molecule has 2 aliphatic heterocycles. The Kier molecular flexibility index (Phi) is 6.40. The van der Waals surface area contributed by atoms with Gasteiger partial charge in [-0.05, 0) is 49.9 Å². The molecule has 12 heteroatoms. The van der Waals surface area contributed by atoms with Crippen LogP contribution in [0.3, 0.4) is 0 Å². The minimum atomic E-state index is -1.34. The summed E-state index contributed by atoms with van der Waals surface area (Å²) in [5, 5.41) is 9.50. The number of carbonyl (C=O) groups excluding carboxylic acids is 1. The number of amides is 1. The topological polar surface area (TPSA) is 108 Å². The molecular weight excluding hydrogens is 524 g/mol. The number of carboxylic acids is 1. The summed E-state index contributed by atoms with van der Waals surface area (Å²) < 4.78 is 37.5. The average molecular weight is 552 g/mol. The van der Waals surface area contributed by atoms with Crippen molar-refractivity contribution in [1.29, 1.82) is 0 Å². The Morgan fingerprint density at radius 3 is 2.33 bits per heavy atom. The first-order valence-electron chi connectivity index (χ1n) is 13.1. The summed E-state index contributed by atoms with van der Waals surface area (Å²) in [5.74, 6) is -2.43. The molecule has 3 fully saturated rings. The maximum atomic E-state index is 15.3. The lowest BCUT2D eigenvalue weighted by atomic mass is 10.1. The van der Waals surface area contributed by atoms with Gasteiger partial charge in [0.25, 0.3) is 0 Å². The summed E-state index contributed by atoms with van der Waals surface area (Å²) in [6.07, 6.45) is 2.10. The van der Waals surface area contributed by atoms with Crippen LogP contribution in [0.15, 0.2) is 46.3 Å². The van der Waals surface area contributed by atoms with Gasteiger partial charge in [-0.2, -0.15) is 0 Å². The number of aromatic nitrogens is 1. The summed E-state index contributed by atoms with van der Waals surface area (Å²) in [7, 11) is 0. The van der Waals surface area contributed by atoms with Gasteiger partial charge in [0.15, 0.2) is 0 Å². The lowest BCUT2D eigenvalue weighted by Crippen LogP contribution is -2.47. The van der Waals surface area contributed by atoms with E-state index in [0.717, 1.165) is 18.9 Å². The van der Waals surface area contributed by atoms with Gasteiger partial charge in [-0.3, -0.25) is 14.7 Å². The number of halogens is 2. The SMILES string of the molecule is C=NC[C@H]1CN(c2ccc(N3CCN(c4cc5c(cc4F)c(=O)c(C(=O)O)cn5C4CC4)CC3)c(F)c2)C(=O)O1. The normalized spacial score (nSPS) is 19.3. The Labute approximate surface area is 227 Å². The molecule has 208 valence electrons. The third-order valence-corrected chi connectivity index (χ3v) is 7.68. The highest BCUT2D eigenvalue weighted by atomic mass is 19.1. The molecule has 1 amide bonds. The van der Waals surface area contributed by atoms with Gasteiger partial charge in [0.05, 0.1) is 35.7 Å². The molecule has 1 N–H and O–H groups in total. The van der Waals surface area contributed by atoms with Crippen molar-refractivity contribution in [2.75, 3.05) is 54.0 Å². The van der Waals surface area contributed by atoms with Crippen molar-refractivity contribution < 1.29 is 28.2 Å². The first kappa shape index (κ1) is 25.8. The first-order valence-corrected chi connectivity index (χ1v) is 13.1. The van der Waals surface area contributed by atoms with E-state index in [2.05, 4.69) is 11.7 Å². The van der Waals surface area contributed by atoms with Crippen LogP contribution in [-0.4, -0.2) is 73.8 Å². The maximum Gasteiger partial charge on any atom is 0.414 e. The van der Waals surface area contributed by atoms with Crippen LogP contribution in [-0.2, 0) is 4.74 Å². The third-order valence-electron chi connectivity index (χ3n) is 7.68. The van der Waals surface area contributed by atoms with E-state index < -0.39 is 35.2 Å². The molecule has 3 aliphatic rings. The fraction of sp³-hybridized carbons (Fsp3) is 0.357. The molecule has 1 aromatic heterocycles.